The quantitative estimate of drug-likeness (QED) is 0.187. The lowest BCUT2D eigenvalue weighted by molar-refractivity contribution is -0.113. The molecule has 2 N–H and O–H groups in total. The van der Waals surface area contributed by atoms with Gasteiger partial charge in [0.2, 0.25) is 0 Å². The zero-order valence-corrected chi connectivity index (χ0v) is 26.7. The molecule has 0 radical (unpaired) electrons. The van der Waals surface area contributed by atoms with Gasteiger partial charge in [-0.15, -0.1) is 0 Å². The van der Waals surface area contributed by atoms with Crippen molar-refractivity contribution in [2.75, 3.05) is 0 Å². The molecular formula is C44H28N4O2. The van der Waals surface area contributed by atoms with E-state index in [4.69, 9.17) is 9.97 Å². The van der Waals surface area contributed by atoms with Crippen molar-refractivity contribution in [1.82, 2.24) is 19.9 Å². The Morgan fingerprint density at radius 3 is 1.20 bits per heavy atom. The highest BCUT2D eigenvalue weighted by molar-refractivity contribution is 6.34. The molecule has 0 saturated carbocycles. The first-order valence-electron chi connectivity index (χ1n) is 16.4. The Kier molecular flexibility index (Phi) is 6.99. The van der Waals surface area contributed by atoms with Gasteiger partial charge in [-0.3, -0.25) is 9.59 Å². The molecule has 6 heteroatoms. The molecule has 0 fully saturated rings. The van der Waals surface area contributed by atoms with Gasteiger partial charge >= 0.3 is 0 Å². The number of hydrogen-bond acceptors (Lipinski definition) is 4. The second kappa shape index (κ2) is 12.0. The summed E-state index contributed by atoms with van der Waals surface area (Å²) in [6, 6.07) is 39.0. The number of carbonyl (C=O) groups excluding carboxylic acids is 2. The average Bonchev–Trinajstić information content (AvgIpc) is 3.99. The molecule has 236 valence electrons. The van der Waals surface area contributed by atoms with Crippen molar-refractivity contribution >= 4 is 63.5 Å². The van der Waals surface area contributed by atoms with E-state index < -0.39 is 0 Å². The lowest BCUT2D eigenvalue weighted by Crippen LogP contribution is -2.09. The molecule has 3 aromatic carbocycles. The number of benzene rings is 3. The third kappa shape index (κ3) is 5.07. The number of carbonyl (C=O) groups is 2. The van der Waals surface area contributed by atoms with Crippen LogP contribution in [0.4, 0.5) is 0 Å². The summed E-state index contributed by atoms with van der Waals surface area (Å²) < 4.78 is 0. The predicted octanol–water partition coefficient (Wildman–Crippen LogP) is 9.75. The molecule has 5 heterocycles. The third-order valence-electron chi connectivity index (χ3n) is 9.16. The zero-order valence-electron chi connectivity index (χ0n) is 26.7. The van der Waals surface area contributed by atoms with E-state index in [1.165, 1.54) is 18.2 Å². The minimum atomic E-state index is -0.269. The van der Waals surface area contributed by atoms with Crippen molar-refractivity contribution in [3.05, 3.63) is 162 Å². The van der Waals surface area contributed by atoms with E-state index in [-0.39, 0.29) is 17.1 Å². The van der Waals surface area contributed by atoms with E-state index >= 15 is 0 Å². The van der Waals surface area contributed by atoms with Gasteiger partial charge in [0.1, 0.15) is 0 Å². The minimum absolute atomic E-state index is 0.255. The Bertz CT molecular complexity index is 2520. The summed E-state index contributed by atoms with van der Waals surface area (Å²) in [6.07, 6.45) is 11.7. The highest BCUT2D eigenvalue weighted by Gasteiger charge is 2.24. The Hall–Kier alpha value is -6.92. The van der Waals surface area contributed by atoms with Gasteiger partial charge in [-0.2, -0.15) is 0 Å². The van der Waals surface area contributed by atoms with Gasteiger partial charge in [0, 0.05) is 49.9 Å². The largest absolute Gasteiger partial charge is 0.354 e. The summed E-state index contributed by atoms with van der Waals surface area (Å²) in [5, 5.41) is 0. The van der Waals surface area contributed by atoms with Crippen LogP contribution in [0.1, 0.15) is 28.3 Å². The van der Waals surface area contributed by atoms with E-state index in [1.54, 1.807) is 0 Å². The number of fused-ring (bicyclic) bond motifs is 8. The number of nitrogens with zero attached hydrogens (tertiary/aromatic N) is 2. The van der Waals surface area contributed by atoms with Crippen LogP contribution in [0.2, 0.25) is 0 Å². The number of ketones is 2. The van der Waals surface area contributed by atoms with Crippen molar-refractivity contribution in [2.24, 2.45) is 0 Å². The summed E-state index contributed by atoms with van der Waals surface area (Å²) in [4.78, 5) is 43.9. The first-order chi connectivity index (χ1) is 24.6. The van der Waals surface area contributed by atoms with Gasteiger partial charge in [-0.05, 0) is 83.5 Å². The van der Waals surface area contributed by atoms with Crippen molar-refractivity contribution in [1.29, 1.82) is 0 Å². The van der Waals surface area contributed by atoms with Crippen LogP contribution >= 0.6 is 0 Å². The van der Waals surface area contributed by atoms with Crippen LogP contribution in [0.5, 0.6) is 0 Å². The number of aromatic amines is 2. The Morgan fingerprint density at radius 1 is 0.380 bits per heavy atom. The summed E-state index contributed by atoms with van der Waals surface area (Å²) in [6.45, 7) is 0. The van der Waals surface area contributed by atoms with Crippen molar-refractivity contribution < 1.29 is 9.59 Å². The maximum Gasteiger partial charge on any atom is 0.186 e. The maximum absolute atomic E-state index is 13.4. The summed E-state index contributed by atoms with van der Waals surface area (Å²) in [5.74, 6) is -0.524. The fourth-order valence-corrected chi connectivity index (χ4v) is 6.92. The minimum Gasteiger partial charge on any atom is -0.354 e. The molecule has 0 amide bonds. The van der Waals surface area contributed by atoms with Gasteiger partial charge in [-0.25, -0.2) is 9.97 Å². The van der Waals surface area contributed by atoms with Gasteiger partial charge < -0.3 is 9.97 Å². The van der Waals surface area contributed by atoms with Crippen LogP contribution in [-0.4, -0.2) is 31.5 Å². The van der Waals surface area contributed by atoms with Gasteiger partial charge in [0.15, 0.2) is 11.6 Å². The first-order valence-corrected chi connectivity index (χ1v) is 16.4. The van der Waals surface area contributed by atoms with Crippen molar-refractivity contribution in [3.63, 3.8) is 0 Å². The van der Waals surface area contributed by atoms with Crippen LogP contribution in [0.3, 0.4) is 0 Å². The van der Waals surface area contributed by atoms with E-state index in [0.29, 0.717) is 17.0 Å². The molecule has 1 aliphatic carbocycles. The average molecular weight is 645 g/mol. The Labute approximate surface area is 287 Å². The van der Waals surface area contributed by atoms with Crippen LogP contribution in [0, 0.1) is 0 Å². The van der Waals surface area contributed by atoms with Crippen molar-refractivity contribution in [3.8, 4) is 33.4 Å². The number of H-pyrrole nitrogens is 2. The SMILES string of the molecule is O=C1C=CC(=O)C(c2c3nc(c(-c4ccccc4)c4ccc([nH]4)c(-c4ccccc4)c4ccc([nH]4)c(-c4ccccc4)c4nc2C=C4)C=C3)=C1. The summed E-state index contributed by atoms with van der Waals surface area (Å²) >= 11 is 0. The molecule has 6 aromatic rings. The first kappa shape index (κ1) is 29.2. The van der Waals surface area contributed by atoms with Crippen LogP contribution < -0.4 is 0 Å². The fourth-order valence-electron chi connectivity index (χ4n) is 6.92. The fraction of sp³-hybridized carbons (Fsp3) is 0. The molecule has 50 heavy (non-hydrogen) atoms. The second-order valence-corrected chi connectivity index (χ2v) is 12.3. The van der Waals surface area contributed by atoms with E-state index in [1.807, 2.05) is 78.9 Å². The number of nitrogens with one attached hydrogen (secondary N) is 2. The number of hydrogen-bond donors (Lipinski definition) is 2. The Morgan fingerprint density at radius 2 is 0.760 bits per heavy atom. The molecule has 0 atom stereocenters. The number of allylic oxidation sites excluding steroid dienone is 4. The molecule has 0 saturated heterocycles. The molecule has 3 aliphatic rings. The number of rotatable bonds is 4. The molecular weight excluding hydrogens is 617 g/mol. The molecule has 8 bridgehead atoms. The predicted molar refractivity (Wildman–Crippen MR) is 202 cm³/mol. The molecule has 9 rings (SSSR count). The second-order valence-electron chi connectivity index (χ2n) is 12.3. The van der Waals surface area contributed by atoms with E-state index in [9.17, 15) is 9.59 Å². The topological polar surface area (TPSA) is 91.5 Å². The van der Waals surface area contributed by atoms with E-state index in [0.717, 1.165) is 66.8 Å². The molecule has 0 spiro atoms. The molecule has 6 nitrogen and oxygen atoms in total. The molecule has 0 unspecified atom stereocenters. The maximum atomic E-state index is 13.4. The van der Waals surface area contributed by atoms with Gasteiger partial charge in [0.05, 0.1) is 22.8 Å². The van der Waals surface area contributed by atoms with E-state index in [2.05, 4.69) is 70.6 Å². The highest BCUT2D eigenvalue weighted by Crippen LogP contribution is 2.37. The standard InChI is InChI=1S/C44H28N4O2/c49-30-16-25-40(50)31(26-30)44-38-23-21-36(47-38)42(28-12-6-2-7-13-28)34-19-17-32(45-34)41(27-10-4-1-5-11-27)33-18-20-35(46-33)43(29-14-8-3-9-15-29)37-22-24-39(44)48-37/h1-26,45-46H. The molecule has 3 aromatic heterocycles. The number of aromatic nitrogens is 4. The normalized spacial score (nSPS) is 13.6. The monoisotopic (exact) mass is 644 g/mol. The Balaban J connectivity index is 1.48. The van der Waals surface area contributed by atoms with Gasteiger partial charge in [0.25, 0.3) is 0 Å². The smallest absolute Gasteiger partial charge is 0.186 e. The summed E-state index contributed by atoms with van der Waals surface area (Å²) in [5.41, 5.74) is 12.9. The van der Waals surface area contributed by atoms with Crippen LogP contribution in [0.25, 0.3) is 85.3 Å². The lowest BCUT2D eigenvalue weighted by atomic mass is 9.94. The van der Waals surface area contributed by atoms with Gasteiger partial charge in [-0.1, -0.05) is 91.0 Å². The van der Waals surface area contributed by atoms with Crippen LogP contribution in [-0.2, 0) is 9.59 Å². The zero-order chi connectivity index (χ0) is 33.6. The third-order valence-corrected chi connectivity index (χ3v) is 9.16. The molecule has 2 aliphatic heterocycles. The highest BCUT2D eigenvalue weighted by atomic mass is 16.1. The summed E-state index contributed by atoms with van der Waals surface area (Å²) in [7, 11) is 0. The van der Waals surface area contributed by atoms with Crippen LogP contribution in [0.15, 0.2) is 133 Å². The van der Waals surface area contributed by atoms with Crippen molar-refractivity contribution in [2.45, 2.75) is 0 Å². The lowest BCUT2D eigenvalue weighted by Gasteiger charge is -2.10.